The van der Waals surface area contributed by atoms with E-state index in [4.69, 9.17) is 0 Å². The zero-order valence-electron chi connectivity index (χ0n) is 12.6. The first-order valence-corrected chi connectivity index (χ1v) is 7.97. The van der Waals surface area contributed by atoms with Gasteiger partial charge in [0, 0.05) is 18.9 Å². The van der Waals surface area contributed by atoms with E-state index in [1.807, 2.05) is 37.4 Å². The normalized spacial score (nSPS) is 12.0. The number of pyridine rings is 1. The first-order valence-electron chi connectivity index (χ1n) is 7.09. The van der Waals surface area contributed by atoms with Crippen LogP contribution in [0.1, 0.15) is 29.1 Å². The summed E-state index contributed by atoms with van der Waals surface area (Å²) < 4.78 is 0. The van der Waals surface area contributed by atoms with Crippen molar-refractivity contribution in [2.75, 3.05) is 0 Å². The molecule has 0 aliphatic heterocycles. The molecule has 2 N–H and O–H groups in total. The molecule has 0 bridgehead atoms. The lowest BCUT2D eigenvalue weighted by Gasteiger charge is -2.21. The second-order valence-corrected chi connectivity index (χ2v) is 6.20. The maximum absolute atomic E-state index is 12.3. The lowest BCUT2D eigenvalue weighted by molar-refractivity contribution is -0.124. The third-order valence-electron chi connectivity index (χ3n) is 3.17. The molecule has 1 atom stereocenters. The van der Waals surface area contributed by atoms with Crippen molar-refractivity contribution in [3.63, 3.8) is 0 Å². The van der Waals surface area contributed by atoms with Gasteiger partial charge < -0.3 is 10.6 Å². The first kappa shape index (κ1) is 16.2. The maximum Gasteiger partial charge on any atom is 0.262 e. The first-order chi connectivity index (χ1) is 10.6. The number of aromatic nitrogens is 1. The van der Waals surface area contributed by atoms with E-state index < -0.39 is 6.04 Å². The van der Waals surface area contributed by atoms with Gasteiger partial charge in [0.05, 0.1) is 4.88 Å². The van der Waals surface area contributed by atoms with Gasteiger partial charge in [0.15, 0.2) is 0 Å². The van der Waals surface area contributed by atoms with E-state index in [-0.39, 0.29) is 17.7 Å². The molecule has 0 fully saturated rings. The van der Waals surface area contributed by atoms with Crippen molar-refractivity contribution < 1.29 is 9.59 Å². The average molecular weight is 317 g/mol. The van der Waals surface area contributed by atoms with Crippen molar-refractivity contribution in [3.05, 3.63) is 52.5 Å². The number of thiophene rings is 1. The quantitative estimate of drug-likeness (QED) is 0.858. The fourth-order valence-electron chi connectivity index (χ4n) is 1.96. The third kappa shape index (κ3) is 4.39. The molecule has 5 nitrogen and oxygen atoms in total. The lowest BCUT2D eigenvalue weighted by Crippen LogP contribution is -2.49. The van der Waals surface area contributed by atoms with Crippen LogP contribution in [0, 0.1) is 5.92 Å². The molecule has 2 aromatic heterocycles. The summed E-state index contributed by atoms with van der Waals surface area (Å²) in [5, 5.41) is 7.47. The monoisotopic (exact) mass is 317 g/mol. The number of carbonyl (C=O) groups excluding carboxylic acids is 2. The van der Waals surface area contributed by atoms with Crippen LogP contribution in [0.25, 0.3) is 0 Å². The van der Waals surface area contributed by atoms with Gasteiger partial charge in [-0.25, -0.2) is 0 Å². The van der Waals surface area contributed by atoms with Gasteiger partial charge in [-0.3, -0.25) is 14.6 Å². The van der Waals surface area contributed by atoms with E-state index in [0.717, 1.165) is 5.56 Å². The zero-order chi connectivity index (χ0) is 15.9. The minimum atomic E-state index is -0.564. The molecular formula is C16H19N3O2S. The van der Waals surface area contributed by atoms with Crippen molar-refractivity contribution in [2.24, 2.45) is 5.92 Å². The van der Waals surface area contributed by atoms with Gasteiger partial charge in [-0.15, -0.1) is 11.3 Å². The van der Waals surface area contributed by atoms with Crippen molar-refractivity contribution in [1.29, 1.82) is 0 Å². The highest BCUT2D eigenvalue weighted by molar-refractivity contribution is 7.12. The van der Waals surface area contributed by atoms with Gasteiger partial charge in [-0.05, 0) is 29.0 Å². The molecule has 2 amide bonds. The van der Waals surface area contributed by atoms with Crippen LogP contribution in [0.2, 0.25) is 0 Å². The largest absolute Gasteiger partial charge is 0.350 e. The molecule has 0 aromatic carbocycles. The summed E-state index contributed by atoms with van der Waals surface area (Å²) in [6.45, 7) is 4.21. The Balaban J connectivity index is 1.95. The highest BCUT2D eigenvalue weighted by Crippen LogP contribution is 2.10. The predicted octanol–water partition coefficient (Wildman–Crippen LogP) is 2.21. The second-order valence-electron chi connectivity index (χ2n) is 5.25. The Hall–Kier alpha value is -2.21. The number of carbonyl (C=O) groups is 2. The Kier molecular flexibility index (Phi) is 5.66. The van der Waals surface area contributed by atoms with E-state index in [1.54, 1.807) is 18.5 Å². The van der Waals surface area contributed by atoms with E-state index in [9.17, 15) is 9.59 Å². The zero-order valence-corrected chi connectivity index (χ0v) is 13.4. The molecule has 0 unspecified atom stereocenters. The molecule has 0 saturated heterocycles. The molecular weight excluding hydrogens is 298 g/mol. The van der Waals surface area contributed by atoms with Gasteiger partial charge in [0.25, 0.3) is 5.91 Å². The van der Waals surface area contributed by atoms with Crippen LogP contribution in [-0.4, -0.2) is 22.8 Å². The molecule has 116 valence electrons. The Bertz CT molecular complexity index is 612. The third-order valence-corrected chi connectivity index (χ3v) is 4.04. The molecule has 2 heterocycles. The maximum atomic E-state index is 12.3. The number of amides is 2. The molecule has 0 aliphatic carbocycles. The Labute approximate surface area is 133 Å². The molecule has 0 spiro atoms. The van der Waals surface area contributed by atoms with E-state index in [2.05, 4.69) is 15.6 Å². The van der Waals surface area contributed by atoms with Crippen LogP contribution >= 0.6 is 11.3 Å². The van der Waals surface area contributed by atoms with E-state index in [0.29, 0.717) is 11.4 Å². The number of nitrogens with one attached hydrogen (secondary N) is 2. The standard InChI is InChI=1S/C16H19N3O2S/c1-11(2)14(19-15(20)13-6-4-8-22-13)16(21)18-10-12-5-3-7-17-9-12/h3-9,11,14H,10H2,1-2H3,(H,18,21)(H,19,20)/t14-/m1/s1. The van der Waals surface area contributed by atoms with Crippen LogP contribution in [-0.2, 0) is 11.3 Å². The van der Waals surface area contributed by atoms with Crippen molar-refractivity contribution in [3.8, 4) is 0 Å². The smallest absolute Gasteiger partial charge is 0.262 e. The number of hydrogen-bond acceptors (Lipinski definition) is 4. The Morgan fingerprint density at radius 1 is 1.27 bits per heavy atom. The highest BCUT2D eigenvalue weighted by atomic mass is 32.1. The number of rotatable bonds is 6. The fourth-order valence-corrected chi connectivity index (χ4v) is 2.58. The minimum Gasteiger partial charge on any atom is -0.350 e. The number of nitrogens with zero attached hydrogens (tertiary/aromatic N) is 1. The molecule has 0 radical (unpaired) electrons. The highest BCUT2D eigenvalue weighted by Gasteiger charge is 2.24. The van der Waals surface area contributed by atoms with Crippen LogP contribution in [0.15, 0.2) is 42.0 Å². The van der Waals surface area contributed by atoms with Crippen molar-refractivity contribution in [1.82, 2.24) is 15.6 Å². The summed E-state index contributed by atoms with van der Waals surface area (Å²) in [5.74, 6) is -0.410. The van der Waals surface area contributed by atoms with Crippen LogP contribution < -0.4 is 10.6 Å². The summed E-state index contributed by atoms with van der Waals surface area (Å²) in [4.78, 5) is 29.0. The fraction of sp³-hybridized carbons (Fsp3) is 0.312. The van der Waals surface area contributed by atoms with E-state index >= 15 is 0 Å². The Morgan fingerprint density at radius 2 is 2.09 bits per heavy atom. The predicted molar refractivity (Wildman–Crippen MR) is 86.5 cm³/mol. The second kappa shape index (κ2) is 7.70. The molecule has 2 rings (SSSR count). The number of hydrogen-bond donors (Lipinski definition) is 2. The summed E-state index contributed by atoms with van der Waals surface area (Å²) in [7, 11) is 0. The topological polar surface area (TPSA) is 71.1 Å². The molecule has 22 heavy (non-hydrogen) atoms. The Morgan fingerprint density at radius 3 is 2.68 bits per heavy atom. The van der Waals surface area contributed by atoms with Gasteiger partial charge in [-0.1, -0.05) is 26.0 Å². The SMILES string of the molecule is CC(C)[C@@H](NC(=O)c1cccs1)C(=O)NCc1cccnc1. The van der Waals surface area contributed by atoms with Crippen LogP contribution in [0.3, 0.4) is 0 Å². The molecule has 0 aliphatic rings. The minimum absolute atomic E-state index is 0.00203. The van der Waals surface area contributed by atoms with Crippen molar-refractivity contribution >= 4 is 23.2 Å². The summed E-state index contributed by atoms with van der Waals surface area (Å²) >= 11 is 1.35. The van der Waals surface area contributed by atoms with Crippen molar-refractivity contribution in [2.45, 2.75) is 26.4 Å². The molecule has 0 saturated carbocycles. The van der Waals surface area contributed by atoms with Crippen LogP contribution in [0.4, 0.5) is 0 Å². The van der Waals surface area contributed by atoms with Gasteiger partial charge in [-0.2, -0.15) is 0 Å². The van der Waals surface area contributed by atoms with Gasteiger partial charge in [0.2, 0.25) is 5.91 Å². The van der Waals surface area contributed by atoms with Gasteiger partial charge >= 0.3 is 0 Å². The molecule has 6 heteroatoms. The summed E-state index contributed by atoms with van der Waals surface area (Å²) in [6.07, 6.45) is 3.39. The van der Waals surface area contributed by atoms with E-state index in [1.165, 1.54) is 11.3 Å². The summed E-state index contributed by atoms with van der Waals surface area (Å²) in [6, 6.07) is 6.70. The molecule has 2 aromatic rings. The van der Waals surface area contributed by atoms with Gasteiger partial charge in [0.1, 0.15) is 6.04 Å². The average Bonchev–Trinajstić information content (AvgIpc) is 3.05. The van der Waals surface area contributed by atoms with Crippen LogP contribution in [0.5, 0.6) is 0 Å². The lowest BCUT2D eigenvalue weighted by atomic mass is 10.0. The summed E-state index contributed by atoms with van der Waals surface area (Å²) in [5.41, 5.74) is 0.919.